The number of likely N-dealkylation sites (N-methyl/N-ethyl adjacent to an activating group) is 1. The molecule has 0 aliphatic rings. The number of halogens is 3. The van der Waals surface area contributed by atoms with E-state index in [0.29, 0.717) is 10.6 Å². The first-order valence-corrected chi connectivity index (χ1v) is 7.41. The molecule has 1 unspecified atom stereocenters. The molecule has 120 valence electrons. The fraction of sp³-hybridized carbons (Fsp3) is 0.167. The third kappa shape index (κ3) is 4.39. The monoisotopic (exact) mass is 335 g/mol. The van der Waals surface area contributed by atoms with E-state index < -0.39 is 11.6 Å². The first-order chi connectivity index (χ1) is 10.9. The topological polar surface area (TPSA) is 20.3 Å². The highest BCUT2D eigenvalue weighted by Gasteiger charge is 2.16. The van der Waals surface area contributed by atoms with E-state index in [1.54, 1.807) is 44.3 Å². The zero-order valence-electron chi connectivity index (χ0n) is 12.8. The van der Waals surface area contributed by atoms with Crippen molar-refractivity contribution in [2.75, 3.05) is 7.05 Å². The Hall–Kier alpha value is -2.20. The summed E-state index contributed by atoms with van der Waals surface area (Å²) >= 11 is 5.80. The minimum atomic E-state index is -0.924. The largest absolute Gasteiger partial charge is 0.335 e. The van der Waals surface area contributed by atoms with Gasteiger partial charge in [-0.25, -0.2) is 8.78 Å². The Morgan fingerprint density at radius 1 is 1.13 bits per heavy atom. The van der Waals surface area contributed by atoms with Crippen LogP contribution < -0.4 is 0 Å². The summed E-state index contributed by atoms with van der Waals surface area (Å²) in [5.74, 6) is -2.07. The summed E-state index contributed by atoms with van der Waals surface area (Å²) in [6, 6.07) is 10.3. The molecule has 2 rings (SSSR count). The van der Waals surface area contributed by atoms with Crippen LogP contribution in [0.1, 0.15) is 24.1 Å². The van der Waals surface area contributed by atoms with Gasteiger partial charge in [-0.2, -0.15) is 0 Å². The van der Waals surface area contributed by atoms with Crippen LogP contribution in [0, 0.1) is 11.6 Å². The van der Waals surface area contributed by atoms with Crippen LogP contribution in [-0.2, 0) is 4.79 Å². The van der Waals surface area contributed by atoms with Crippen LogP contribution in [0.2, 0.25) is 5.02 Å². The van der Waals surface area contributed by atoms with Crippen molar-refractivity contribution in [3.8, 4) is 0 Å². The number of nitrogens with zero attached hydrogens (tertiary/aromatic N) is 1. The molecule has 0 bridgehead atoms. The van der Waals surface area contributed by atoms with Gasteiger partial charge in [-0.05, 0) is 48.4 Å². The number of carbonyl (C=O) groups is 1. The molecule has 0 N–H and O–H groups in total. The zero-order valence-corrected chi connectivity index (χ0v) is 13.5. The predicted octanol–water partition coefficient (Wildman–Crippen LogP) is 4.85. The highest BCUT2D eigenvalue weighted by Crippen LogP contribution is 2.21. The summed E-state index contributed by atoms with van der Waals surface area (Å²) in [5, 5.41) is 0.623. The van der Waals surface area contributed by atoms with Gasteiger partial charge < -0.3 is 4.90 Å². The molecule has 1 amide bonds. The first kappa shape index (κ1) is 17.2. The average molecular weight is 336 g/mol. The Balaban J connectivity index is 2.08. The minimum Gasteiger partial charge on any atom is -0.335 e. The molecule has 0 saturated heterocycles. The molecule has 2 aromatic carbocycles. The Morgan fingerprint density at radius 3 is 2.39 bits per heavy atom. The molecular weight excluding hydrogens is 320 g/mol. The van der Waals surface area contributed by atoms with Gasteiger partial charge in [0.1, 0.15) is 0 Å². The molecule has 2 aromatic rings. The number of carbonyl (C=O) groups excluding carboxylic acids is 1. The molecule has 0 aromatic heterocycles. The highest BCUT2D eigenvalue weighted by atomic mass is 35.5. The van der Waals surface area contributed by atoms with Gasteiger partial charge in [-0.1, -0.05) is 29.8 Å². The molecule has 0 aliphatic heterocycles. The lowest BCUT2D eigenvalue weighted by molar-refractivity contribution is -0.126. The predicted molar refractivity (Wildman–Crippen MR) is 88.0 cm³/mol. The summed E-state index contributed by atoms with van der Waals surface area (Å²) in [6.07, 6.45) is 3.10. The molecule has 1 atom stereocenters. The van der Waals surface area contributed by atoms with Crippen LogP contribution >= 0.6 is 11.6 Å². The standard InChI is InChI=1S/C18H16ClF2NO/c1-12(14-6-9-16(20)17(21)11-14)22(2)18(23)10-5-13-3-7-15(19)8-4-13/h3-12H,1-2H3/b10-5+. The Labute approximate surface area is 139 Å². The smallest absolute Gasteiger partial charge is 0.246 e. The van der Waals surface area contributed by atoms with E-state index in [9.17, 15) is 13.6 Å². The molecule has 0 fully saturated rings. The maximum atomic E-state index is 13.3. The van der Waals surface area contributed by atoms with Crippen molar-refractivity contribution in [2.24, 2.45) is 0 Å². The van der Waals surface area contributed by atoms with Gasteiger partial charge in [0.25, 0.3) is 0 Å². The molecule has 23 heavy (non-hydrogen) atoms. The van der Waals surface area contributed by atoms with Gasteiger partial charge in [-0.15, -0.1) is 0 Å². The van der Waals surface area contributed by atoms with E-state index in [1.807, 2.05) is 0 Å². The van der Waals surface area contributed by atoms with Crippen molar-refractivity contribution in [1.29, 1.82) is 0 Å². The summed E-state index contributed by atoms with van der Waals surface area (Å²) in [5.41, 5.74) is 1.37. The highest BCUT2D eigenvalue weighted by molar-refractivity contribution is 6.30. The number of rotatable bonds is 4. The SMILES string of the molecule is CC(c1ccc(F)c(F)c1)N(C)C(=O)/C=C/c1ccc(Cl)cc1. The van der Waals surface area contributed by atoms with Crippen molar-refractivity contribution < 1.29 is 13.6 Å². The molecule has 5 heteroatoms. The van der Waals surface area contributed by atoms with Crippen LogP contribution in [0.5, 0.6) is 0 Å². The lowest BCUT2D eigenvalue weighted by atomic mass is 10.1. The van der Waals surface area contributed by atoms with Crippen molar-refractivity contribution >= 4 is 23.6 Å². The summed E-state index contributed by atoms with van der Waals surface area (Å²) < 4.78 is 26.3. The molecule has 0 saturated carbocycles. The second-order valence-corrected chi connectivity index (χ2v) is 5.62. The summed E-state index contributed by atoms with van der Waals surface area (Å²) in [4.78, 5) is 13.7. The van der Waals surface area contributed by atoms with Gasteiger partial charge >= 0.3 is 0 Å². The molecule has 0 radical (unpaired) electrons. The lowest BCUT2D eigenvalue weighted by Gasteiger charge is -2.24. The van der Waals surface area contributed by atoms with Crippen LogP contribution in [0.15, 0.2) is 48.5 Å². The van der Waals surface area contributed by atoms with E-state index >= 15 is 0 Å². The normalized spacial score (nSPS) is 12.4. The summed E-state index contributed by atoms with van der Waals surface area (Å²) in [6.45, 7) is 1.75. The van der Waals surface area contributed by atoms with Crippen molar-refractivity contribution in [3.63, 3.8) is 0 Å². The van der Waals surface area contributed by atoms with E-state index in [1.165, 1.54) is 17.0 Å². The van der Waals surface area contributed by atoms with Crippen molar-refractivity contribution in [2.45, 2.75) is 13.0 Å². The first-order valence-electron chi connectivity index (χ1n) is 7.04. The Kier molecular flexibility index (Phi) is 5.50. The van der Waals surface area contributed by atoms with E-state index in [0.717, 1.165) is 17.7 Å². The van der Waals surface area contributed by atoms with Crippen LogP contribution in [0.3, 0.4) is 0 Å². The van der Waals surface area contributed by atoms with Crippen molar-refractivity contribution in [1.82, 2.24) is 4.90 Å². The third-order valence-electron chi connectivity index (χ3n) is 3.64. The average Bonchev–Trinajstić information content (AvgIpc) is 2.55. The fourth-order valence-corrected chi connectivity index (χ4v) is 2.17. The second kappa shape index (κ2) is 7.38. The summed E-state index contributed by atoms with van der Waals surface area (Å²) in [7, 11) is 1.61. The van der Waals surface area contributed by atoms with Gasteiger partial charge in [0.05, 0.1) is 6.04 Å². The zero-order chi connectivity index (χ0) is 17.0. The number of hydrogen-bond donors (Lipinski definition) is 0. The van der Waals surface area contributed by atoms with Gasteiger partial charge in [-0.3, -0.25) is 4.79 Å². The van der Waals surface area contributed by atoms with Crippen LogP contribution in [0.25, 0.3) is 6.08 Å². The Bertz CT molecular complexity index is 728. The minimum absolute atomic E-state index is 0.239. The van der Waals surface area contributed by atoms with Crippen LogP contribution in [-0.4, -0.2) is 17.9 Å². The molecule has 2 nitrogen and oxygen atoms in total. The van der Waals surface area contributed by atoms with Gasteiger partial charge in [0, 0.05) is 18.1 Å². The molecule has 0 aliphatic carbocycles. The van der Waals surface area contributed by atoms with E-state index in [-0.39, 0.29) is 11.9 Å². The van der Waals surface area contributed by atoms with Crippen LogP contribution in [0.4, 0.5) is 8.78 Å². The number of benzene rings is 2. The third-order valence-corrected chi connectivity index (χ3v) is 3.89. The molecule has 0 spiro atoms. The molecular formula is C18H16ClF2NO. The second-order valence-electron chi connectivity index (χ2n) is 5.18. The van der Waals surface area contributed by atoms with E-state index in [2.05, 4.69) is 0 Å². The fourth-order valence-electron chi connectivity index (χ4n) is 2.05. The van der Waals surface area contributed by atoms with Crippen molar-refractivity contribution in [3.05, 3.63) is 76.3 Å². The number of hydrogen-bond acceptors (Lipinski definition) is 1. The Morgan fingerprint density at radius 2 is 1.78 bits per heavy atom. The quantitative estimate of drug-likeness (QED) is 0.731. The van der Waals surface area contributed by atoms with Gasteiger partial charge in [0.2, 0.25) is 5.91 Å². The van der Waals surface area contributed by atoms with E-state index in [4.69, 9.17) is 11.6 Å². The number of amides is 1. The maximum Gasteiger partial charge on any atom is 0.246 e. The molecule has 0 heterocycles. The van der Waals surface area contributed by atoms with Gasteiger partial charge in [0.15, 0.2) is 11.6 Å². The maximum absolute atomic E-state index is 13.3. The lowest BCUT2D eigenvalue weighted by Crippen LogP contribution is -2.28.